The highest BCUT2D eigenvalue weighted by atomic mass is 28.3. The summed E-state index contributed by atoms with van der Waals surface area (Å²) in [6.45, 7) is 9.44. The Morgan fingerprint density at radius 2 is 1.80 bits per heavy atom. The molecule has 1 aromatic rings. The molecule has 1 aliphatic heterocycles. The van der Waals surface area contributed by atoms with E-state index in [0.717, 1.165) is 5.82 Å². The van der Waals surface area contributed by atoms with Crippen LogP contribution < -0.4 is 10.1 Å². The Morgan fingerprint density at radius 1 is 1.13 bits per heavy atom. The number of hydrogen-bond acceptors (Lipinski definition) is 2. The van der Waals surface area contributed by atoms with E-state index in [4.69, 9.17) is 0 Å². The second-order valence-electron chi connectivity index (χ2n) is 5.35. The van der Waals surface area contributed by atoms with Gasteiger partial charge in [0.1, 0.15) is 5.82 Å². The van der Waals surface area contributed by atoms with Gasteiger partial charge in [0.2, 0.25) is 0 Å². The third-order valence-electron chi connectivity index (χ3n) is 3.04. The lowest BCUT2D eigenvalue weighted by Crippen LogP contribution is -2.38. The first-order valence-electron chi connectivity index (χ1n) is 5.79. The van der Waals surface area contributed by atoms with Gasteiger partial charge in [0.25, 0.3) is 0 Å². The van der Waals surface area contributed by atoms with Crippen LogP contribution in [0.5, 0.6) is 0 Å². The highest BCUT2D eigenvalue weighted by Crippen LogP contribution is 2.16. The summed E-state index contributed by atoms with van der Waals surface area (Å²) in [5, 5.41) is 1.45. The van der Waals surface area contributed by atoms with E-state index in [-0.39, 0.29) is 0 Å². The van der Waals surface area contributed by atoms with Crippen molar-refractivity contribution >= 4 is 19.1 Å². The van der Waals surface area contributed by atoms with Gasteiger partial charge in [-0.1, -0.05) is 25.7 Å². The summed E-state index contributed by atoms with van der Waals surface area (Å²) >= 11 is 0. The van der Waals surface area contributed by atoms with Gasteiger partial charge in [0, 0.05) is 19.3 Å². The number of rotatable bonds is 2. The molecule has 2 heterocycles. The lowest BCUT2D eigenvalue weighted by Gasteiger charge is -2.19. The highest BCUT2D eigenvalue weighted by molar-refractivity contribution is 6.88. The molecular formula is C12H20N2Si. The molecule has 0 atom stereocenters. The molecule has 0 unspecified atom stereocenters. The average molecular weight is 220 g/mol. The van der Waals surface area contributed by atoms with Crippen LogP contribution in [0.25, 0.3) is 0 Å². The van der Waals surface area contributed by atoms with Crippen LogP contribution in [0.3, 0.4) is 0 Å². The molecule has 1 aromatic heterocycles. The van der Waals surface area contributed by atoms with Crippen LogP contribution >= 0.6 is 0 Å². The lowest BCUT2D eigenvalue weighted by atomic mass is 10.4. The van der Waals surface area contributed by atoms with Gasteiger partial charge in [-0.05, 0) is 24.1 Å². The zero-order valence-corrected chi connectivity index (χ0v) is 11.0. The predicted molar refractivity (Wildman–Crippen MR) is 68.7 cm³/mol. The summed E-state index contributed by atoms with van der Waals surface area (Å²) < 4.78 is 0. The van der Waals surface area contributed by atoms with Crippen molar-refractivity contribution in [2.24, 2.45) is 0 Å². The summed E-state index contributed by atoms with van der Waals surface area (Å²) in [6, 6.07) is 4.46. The van der Waals surface area contributed by atoms with Crippen LogP contribution in [0.4, 0.5) is 5.82 Å². The van der Waals surface area contributed by atoms with E-state index in [0.29, 0.717) is 0 Å². The Morgan fingerprint density at radius 3 is 2.27 bits per heavy atom. The van der Waals surface area contributed by atoms with Crippen LogP contribution in [-0.4, -0.2) is 26.1 Å². The zero-order valence-electron chi connectivity index (χ0n) is 9.95. The quantitative estimate of drug-likeness (QED) is 0.711. The normalized spacial score (nSPS) is 17.1. The van der Waals surface area contributed by atoms with E-state index in [9.17, 15) is 0 Å². The zero-order chi connectivity index (χ0) is 10.9. The Hall–Kier alpha value is -0.833. The summed E-state index contributed by atoms with van der Waals surface area (Å²) in [6.07, 6.45) is 4.72. The molecule has 1 aliphatic rings. The fraction of sp³-hybridized carbons (Fsp3) is 0.583. The Balaban J connectivity index is 2.16. The smallest absolute Gasteiger partial charge is 0.128 e. The first kappa shape index (κ1) is 10.7. The molecule has 2 rings (SSSR count). The maximum atomic E-state index is 4.59. The van der Waals surface area contributed by atoms with Crippen LogP contribution in [0.2, 0.25) is 19.6 Å². The fourth-order valence-electron chi connectivity index (χ4n) is 1.96. The van der Waals surface area contributed by atoms with Crippen molar-refractivity contribution in [2.75, 3.05) is 18.0 Å². The van der Waals surface area contributed by atoms with Gasteiger partial charge >= 0.3 is 0 Å². The van der Waals surface area contributed by atoms with E-state index >= 15 is 0 Å². The standard InChI is InChI=1S/C12H20N2Si/c1-15(2,3)11-6-7-12(13-10-11)14-8-4-5-9-14/h6-7,10H,4-5,8-9H2,1-3H3. The SMILES string of the molecule is C[Si](C)(C)c1ccc(N2CCCC2)nc1. The van der Waals surface area contributed by atoms with Crippen molar-refractivity contribution in [2.45, 2.75) is 32.5 Å². The molecule has 1 saturated heterocycles. The maximum absolute atomic E-state index is 4.59. The molecule has 0 N–H and O–H groups in total. The first-order valence-corrected chi connectivity index (χ1v) is 9.29. The van der Waals surface area contributed by atoms with Crippen LogP contribution in [-0.2, 0) is 0 Å². The molecule has 0 saturated carbocycles. The lowest BCUT2D eigenvalue weighted by molar-refractivity contribution is 0.939. The van der Waals surface area contributed by atoms with Crippen LogP contribution in [0, 0.1) is 0 Å². The van der Waals surface area contributed by atoms with E-state index < -0.39 is 8.07 Å². The Kier molecular flexibility index (Phi) is 2.82. The van der Waals surface area contributed by atoms with Crippen molar-refractivity contribution in [3.05, 3.63) is 18.3 Å². The molecule has 0 spiro atoms. The molecule has 1 fully saturated rings. The number of nitrogens with zero attached hydrogens (tertiary/aromatic N) is 2. The summed E-state index contributed by atoms with van der Waals surface area (Å²) in [5.41, 5.74) is 0. The minimum atomic E-state index is -1.18. The summed E-state index contributed by atoms with van der Waals surface area (Å²) in [4.78, 5) is 6.97. The van der Waals surface area contributed by atoms with Gasteiger partial charge in [-0.2, -0.15) is 0 Å². The molecule has 82 valence electrons. The predicted octanol–water partition coefficient (Wildman–Crippen LogP) is 2.23. The maximum Gasteiger partial charge on any atom is 0.128 e. The number of aromatic nitrogens is 1. The minimum Gasteiger partial charge on any atom is -0.357 e. The van der Waals surface area contributed by atoms with Gasteiger partial charge in [-0.3, -0.25) is 0 Å². The van der Waals surface area contributed by atoms with Crippen molar-refractivity contribution < 1.29 is 0 Å². The molecule has 3 heteroatoms. The fourth-order valence-corrected chi connectivity index (χ4v) is 3.00. The molecule has 0 aromatic carbocycles. The van der Waals surface area contributed by atoms with E-state index in [1.807, 2.05) is 0 Å². The van der Waals surface area contributed by atoms with Crippen molar-refractivity contribution in [1.82, 2.24) is 4.98 Å². The molecule has 2 nitrogen and oxygen atoms in total. The molecular weight excluding hydrogens is 200 g/mol. The van der Waals surface area contributed by atoms with Crippen molar-refractivity contribution in [1.29, 1.82) is 0 Å². The first-order chi connectivity index (χ1) is 7.07. The number of pyridine rings is 1. The second-order valence-corrected chi connectivity index (χ2v) is 10.4. The molecule has 15 heavy (non-hydrogen) atoms. The second kappa shape index (κ2) is 3.97. The number of hydrogen-bond donors (Lipinski definition) is 0. The summed E-state index contributed by atoms with van der Waals surface area (Å²) in [5.74, 6) is 1.16. The third kappa shape index (κ3) is 2.40. The van der Waals surface area contributed by atoms with Crippen molar-refractivity contribution in [3.8, 4) is 0 Å². The Bertz CT molecular complexity index is 320. The van der Waals surface area contributed by atoms with Gasteiger partial charge < -0.3 is 4.90 Å². The monoisotopic (exact) mass is 220 g/mol. The van der Waals surface area contributed by atoms with Gasteiger partial charge in [-0.15, -0.1) is 0 Å². The average Bonchev–Trinajstić information content (AvgIpc) is 2.69. The Labute approximate surface area is 93.3 Å². The largest absolute Gasteiger partial charge is 0.357 e. The molecule has 0 amide bonds. The van der Waals surface area contributed by atoms with E-state index in [2.05, 4.69) is 47.9 Å². The minimum absolute atomic E-state index is 1.16. The van der Waals surface area contributed by atoms with Gasteiger partial charge in [0.05, 0.1) is 8.07 Å². The highest BCUT2D eigenvalue weighted by Gasteiger charge is 2.18. The van der Waals surface area contributed by atoms with Gasteiger partial charge in [0.15, 0.2) is 0 Å². The molecule has 0 bridgehead atoms. The third-order valence-corrected chi connectivity index (χ3v) is 5.07. The van der Waals surface area contributed by atoms with Crippen LogP contribution in [0.15, 0.2) is 18.3 Å². The topological polar surface area (TPSA) is 16.1 Å². The number of anilines is 1. The molecule has 0 aliphatic carbocycles. The van der Waals surface area contributed by atoms with E-state index in [1.165, 1.54) is 31.1 Å². The van der Waals surface area contributed by atoms with Crippen LogP contribution in [0.1, 0.15) is 12.8 Å². The molecule has 0 radical (unpaired) electrons. The van der Waals surface area contributed by atoms with Crippen molar-refractivity contribution in [3.63, 3.8) is 0 Å². The van der Waals surface area contributed by atoms with Gasteiger partial charge in [-0.25, -0.2) is 4.98 Å². The summed E-state index contributed by atoms with van der Waals surface area (Å²) in [7, 11) is -1.18. The van der Waals surface area contributed by atoms with E-state index in [1.54, 1.807) is 0 Å².